The van der Waals surface area contributed by atoms with Crippen molar-refractivity contribution >= 4 is 18.1 Å². The molecule has 2 aliphatic carbocycles. The number of nitrogens with one attached hydrogen (secondary N) is 2. The van der Waals surface area contributed by atoms with Crippen LogP contribution >= 0.6 is 0 Å². The molecule has 0 radical (unpaired) electrons. The first kappa shape index (κ1) is 38.5. The minimum atomic E-state index is -2.08. The third-order valence-electron chi connectivity index (χ3n) is 10.9. The molecule has 6 atom stereocenters. The van der Waals surface area contributed by atoms with Crippen LogP contribution < -0.4 is 10.6 Å². The van der Waals surface area contributed by atoms with E-state index in [9.17, 15) is 14.4 Å². The van der Waals surface area contributed by atoms with Crippen LogP contribution in [-0.2, 0) is 14.3 Å². The fourth-order valence-corrected chi connectivity index (χ4v) is 8.34. The molecule has 0 aromatic heterocycles. The van der Waals surface area contributed by atoms with Crippen molar-refractivity contribution < 1.29 is 32.6 Å². The van der Waals surface area contributed by atoms with Crippen molar-refractivity contribution in [2.24, 2.45) is 0 Å². The number of hydrogen-bond acceptors (Lipinski definition) is 6. The summed E-state index contributed by atoms with van der Waals surface area (Å²) in [4.78, 5) is 41.3. The van der Waals surface area contributed by atoms with Crippen molar-refractivity contribution in [2.75, 3.05) is 19.6 Å². The van der Waals surface area contributed by atoms with Gasteiger partial charge in [-0.2, -0.15) is 0 Å². The zero-order valence-corrected chi connectivity index (χ0v) is 31.5. The third-order valence-corrected chi connectivity index (χ3v) is 10.9. The number of alkyl halides is 2. The summed E-state index contributed by atoms with van der Waals surface area (Å²) in [5.74, 6) is -0.539. The van der Waals surface area contributed by atoms with Gasteiger partial charge >= 0.3 is 12.2 Å². The lowest BCUT2D eigenvalue weighted by Crippen LogP contribution is -2.60. The van der Waals surface area contributed by atoms with Gasteiger partial charge in [-0.05, 0) is 105 Å². The first-order valence-corrected chi connectivity index (χ1v) is 18.3. The van der Waals surface area contributed by atoms with E-state index in [2.05, 4.69) is 34.6 Å². The van der Waals surface area contributed by atoms with Gasteiger partial charge in [-0.25, -0.2) is 18.4 Å². The number of fused-ring (bicyclic) bond motifs is 2. The largest absolute Gasteiger partial charge is 0.444 e. The molecule has 4 fully saturated rings. The number of alkyl carbamates (subject to hydrolysis) is 2. The first-order chi connectivity index (χ1) is 23.7. The topological polar surface area (TPSA) is 100 Å². The molecule has 2 aromatic rings. The second-order valence-electron chi connectivity index (χ2n) is 16.9. The molecule has 2 N–H and O–H groups in total. The van der Waals surface area contributed by atoms with E-state index < -0.39 is 51.7 Å². The monoisotopic (exact) mass is 710 g/mol. The number of likely N-dealkylation sites (tertiary alicyclic amines) is 2. The van der Waals surface area contributed by atoms with E-state index in [4.69, 9.17) is 9.47 Å². The average Bonchev–Trinajstić information content (AvgIpc) is 3.68. The molecule has 0 spiro atoms. The zero-order valence-electron chi connectivity index (χ0n) is 31.5. The second kappa shape index (κ2) is 14.0. The van der Waals surface area contributed by atoms with E-state index >= 15 is 8.78 Å². The fourth-order valence-electron chi connectivity index (χ4n) is 8.34. The Labute approximate surface area is 301 Å². The normalized spacial score (nSPS) is 30.1. The Hall–Kier alpha value is -3.73. The van der Waals surface area contributed by atoms with Crippen LogP contribution in [0, 0.1) is 0 Å². The van der Waals surface area contributed by atoms with Gasteiger partial charge in [-0.1, -0.05) is 60.7 Å². The number of rotatable bonds is 6. The van der Waals surface area contributed by atoms with Crippen LogP contribution in [0.4, 0.5) is 18.4 Å². The Bertz CT molecular complexity index is 1570. The van der Waals surface area contributed by atoms with Gasteiger partial charge in [0, 0.05) is 25.7 Å². The minimum absolute atomic E-state index is 0.108. The van der Waals surface area contributed by atoms with Gasteiger partial charge in [0.15, 0.2) is 0 Å². The van der Waals surface area contributed by atoms with E-state index in [0.717, 1.165) is 12.0 Å². The van der Waals surface area contributed by atoms with Crippen molar-refractivity contribution in [3.05, 3.63) is 71.8 Å². The van der Waals surface area contributed by atoms with Gasteiger partial charge in [-0.15, -0.1) is 0 Å². The Kier molecular flexibility index (Phi) is 10.6. The Morgan fingerprint density at radius 1 is 0.686 bits per heavy atom. The summed E-state index contributed by atoms with van der Waals surface area (Å²) in [7, 11) is 0. The summed E-state index contributed by atoms with van der Waals surface area (Å²) in [5, 5.41) is 5.63. The van der Waals surface area contributed by atoms with Crippen molar-refractivity contribution in [1.29, 1.82) is 0 Å². The molecule has 2 heterocycles. The summed E-state index contributed by atoms with van der Waals surface area (Å²) in [6.45, 7) is 15.7. The van der Waals surface area contributed by atoms with Crippen molar-refractivity contribution in [3.8, 4) is 0 Å². The highest BCUT2D eigenvalue weighted by atomic mass is 19.1. The Balaban J connectivity index is 0.000000198. The summed E-state index contributed by atoms with van der Waals surface area (Å²) in [5.41, 5.74) is -4.71. The molecule has 3 amide bonds. The highest BCUT2D eigenvalue weighted by Gasteiger charge is 2.69. The van der Waals surface area contributed by atoms with E-state index in [1.165, 1.54) is 5.56 Å². The van der Waals surface area contributed by atoms with E-state index in [0.29, 0.717) is 38.8 Å². The standard InChI is InChI=1S/C20H27FN2O3.C20H29FN2O2/c1-14(15-9-6-5-7-10-15)23-13-19(22-17(25)26-18(2,3)4)11-8-12-20(19,21)16(23)24;1-15(16-9-6-5-7-10-16)23-13-19(21)11-8-12-20(19,14-23)22-17(24)25-18(2,3)4/h5-7,9-10,14H,8,11-13H2,1-4H3,(H,22,25);5-7,9-10,15H,8,11-14H2,1-4H3,(H,22,24)/t14-,19-,20+;15-,19+,20-/m11/s1. The summed E-state index contributed by atoms with van der Waals surface area (Å²) in [6.07, 6.45) is 1.84. The summed E-state index contributed by atoms with van der Waals surface area (Å²) in [6, 6.07) is 19.5. The van der Waals surface area contributed by atoms with Crippen molar-refractivity contribution in [3.63, 3.8) is 0 Å². The molecule has 11 heteroatoms. The predicted octanol–water partition coefficient (Wildman–Crippen LogP) is 7.96. The van der Waals surface area contributed by atoms with Gasteiger partial charge < -0.3 is 25.0 Å². The highest BCUT2D eigenvalue weighted by Crippen LogP contribution is 2.51. The zero-order chi connectivity index (χ0) is 37.5. The fraction of sp³-hybridized carbons (Fsp3) is 0.625. The number of amides is 3. The molecule has 51 heavy (non-hydrogen) atoms. The van der Waals surface area contributed by atoms with Crippen LogP contribution in [0.25, 0.3) is 0 Å². The average molecular weight is 711 g/mol. The van der Waals surface area contributed by atoms with E-state index in [-0.39, 0.29) is 25.0 Å². The molecule has 280 valence electrons. The number of halogens is 2. The molecule has 6 rings (SSSR count). The number of benzene rings is 2. The SMILES string of the molecule is C[C@H](c1ccccc1)N1C[C@@]2(F)CCC[C@@]2(NC(=O)OC(C)(C)C)C1.C[C@H](c1ccccc1)N1C[C@]2(NC(=O)OC(C)(C)C)CCC[C@]2(F)C1=O. The highest BCUT2D eigenvalue weighted by molar-refractivity contribution is 5.92. The van der Waals surface area contributed by atoms with Crippen LogP contribution in [-0.4, -0.2) is 81.1 Å². The molecule has 2 saturated heterocycles. The molecule has 2 saturated carbocycles. The maximum atomic E-state index is 15.8. The lowest BCUT2D eigenvalue weighted by atomic mass is 9.87. The van der Waals surface area contributed by atoms with Gasteiger partial charge in [0.25, 0.3) is 5.91 Å². The van der Waals surface area contributed by atoms with Crippen LogP contribution in [0.5, 0.6) is 0 Å². The number of hydrogen-bond donors (Lipinski definition) is 2. The van der Waals surface area contributed by atoms with Crippen LogP contribution in [0.2, 0.25) is 0 Å². The lowest BCUT2D eigenvalue weighted by Gasteiger charge is -2.35. The van der Waals surface area contributed by atoms with Gasteiger partial charge in [0.05, 0.1) is 11.6 Å². The Morgan fingerprint density at radius 2 is 1.16 bits per heavy atom. The first-order valence-electron chi connectivity index (χ1n) is 18.3. The number of carbonyl (C=O) groups is 3. The Morgan fingerprint density at radius 3 is 1.69 bits per heavy atom. The van der Waals surface area contributed by atoms with Gasteiger partial charge in [0.2, 0.25) is 5.67 Å². The molecular weight excluding hydrogens is 654 g/mol. The predicted molar refractivity (Wildman–Crippen MR) is 193 cm³/mol. The quantitative estimate of drug-likeness (QED) is 0.316. The minimum Gasteiger partial charge on any atom is -0.444 e. The second-order valence-corrected chi connectivity index (χ2v) is 16.9. The molecule has 9 nitrogen and oxygen atoms in total. The molecule has 0 unspecified atom stereocenters. The maximum absolute atomic E-state index is 15.8. The number of carbonyl (C=O) groups excluding carboxylic acids is 3. The van der Waals surface area contributed by atoms with Gasteiger partial charge in [-0.3, -0.25) is 9.69 Å². The molecule has 4 aliphatic rings. The lowest BCUT2D eigenvalue weighted by molar-refractivity contribution is -0.140. The third kappa shape index (κ3) is 7.88. The summed E-state index contributed by atoms with van der Waals surface area (Å²) < 4.78 is 42.3. The maximum Gasteiger partial charge on any atom is 0.408 e. The van der Waals surface area contributed by atoms with Crippen LogP contribution in [0.3, 0.4) is 0 Å². The molecule has 0 bridgehead atoms. The van der Waals surface area contributed by atoms with E-state index in [1.807, 2.05) is 76.2 Å². The molecular formula is C40H56F2N4O5. The summed E-state index contributed by atoms with van der Waals surface area (Å²) >= 11 is 0. The molecule has 2 aliphatic heterocycles. The van der Waals surface area contributed by atoms with E-state index in [1.54, 1.807) is 25.7 Å². The van der Waals surface area contributed by atoms with Gasteiger partial charge in [0.1, 0.15) is 22.4 Å². The number of ether oxygens (including phenoxy) is 2. The smallest absolute Gasteiger partial charge is 0.408 e. The van der Waals surface area contributed by atoms with Crippen LogP contribution in [0.1, 0.15) is 117 Å². The van der Waals surface area contributed by atoms with Crippen molar-refractivity contribution in [2.45, 2.75) is 140 Å². The molecule has 2 aromatic carbocycles. The number of nitrogens with zero attached hydrogens (tertiary/aromatic N) is 2. The van der Waals surface area contributed by atoms with Crippen LogP contribution in [0.15, 0.2) is 60.7 Å². The van der Waals surface area contributed by atoms with Crippen molar-refractivity contribution in [1.82, 2.24) is 20.4 Å².